The summed E-state index contributed by atoms with van der Waals surface area (Å²) in [6.07, 6.45) is 4.05. The molecule has 5 nitrogen and oxygen atoms in total. The van der Waals surface area contributed by atoms with Gasteiger partial charge in [0.25, 0.3) is 10.1 Å². The van der Waals surface area contributed by atoms with E-state index in [-0.39, 0.29) is 6.61 Å². The molecule has 0 saturated carbocycles. The maximum absolute atomic E-state index is 10.7. The van der Waals surface area contributed by atoms with Gasteiger partial charge in [-0.1, -0.05) is 0 Å². The van der Waals surface area contributed by atoms with Crippen LogP contribution in [0.4, 0.5) is 0 Å². The zero-order valence-corrected chi connectivity index (χ0v) is 8.74. The van der Waals surface area contributed by atoms with E-state index >= 15 is 0 Å². The van der Waals surface area contributed by atoms with Gasteiger partial charge in [0.05, 0.1) is 26.2 Å². The lowest BCUT2D eigenvalue weighted by Gasteiger charge is -2.03. The third-order valence-corrected chi connectivity index (χ3v) is 1.99. The smallest absolute Gasteiger partial charge is 0.264 e. The summed E-state index contributed by atoms with van der Waals surface area (Å²) in [4.78, 5) is 3.86. The molecule has 0 amide bonds. The van der Waals surface area contributed by atoms with Crippen molar-refractivity contribution in [1.82, 2.24) is 4.98 Å². The molecule has 6 heteroatoms. The van der Waals surface area contributed by atoms with Gasteiger partial charge in [0.15, 0.2) is 0 Å². The maximum atomic E-state index is 10.7. The van der Waals surface area contributed by atoms with Crippen molar-refractivity contribution < 1.29 is 17.3 Å². The van der Waals surface area contributed by atoms with Crippen LogP contribution in [-0.2, 0) is 20.9 Å². The Morgan fingerprint density at radius 1 is 1.43 bits per heavy atom. The SMILES string of the molecule is COc1cncc(COS(C)(=O)=O)c1. The summed E-state index contributed by atoms with van der Waals surface area (Å²) in [7, 11) is -1.90. The van der Waals surface area contributed by atoms with Gasteiger partial charge in [0.2, 0.25) is 0 Å². The van der Waals surface area contributed by atoms with E-state index < -0.39 is 10.1 Å². The second-order valence-electron chi connectivity index (χ2n) is 2.70. The van der Waals surface area contributed by atoms with Gasteiger partial charge in [-0.2, -0.15) is 8.42 Å². The highest BCUT2D eigenvalue weighted by Gasteiger charge is 2.03. The molecule has 0 radical (unpaired) electrons. The van der Waals surface area contributed by atoms with Gasteiger partial charge < -0.3 is 4.74 Å². The first kappa shape index (κ1) is 10.9. The first-order valence-corrected chi connectivity index (χ1v) is 5.65. The molecule has 0 saturated heterocycles. The highest BCUT2D eigenvalue weighted by atomic mass is 32.2. The first-order valence-electron chi connectivity index (χ1n) is 3.83. The normalized spacial score (nSPS) is 11.3. The van der Waals surface area contributed by atoms with Crippen LogP contribution in [0, 0.1) is 0 Å². The fraction of sp³-hybridized carbons (Fsp3) is 0.375. The van der Waals surface area contributed by atoms with E-state index in [0.717, 1.165) is 6.26 Å². The minimum Gasteiger partial charge on any atom is -0.495 e. The number of nitrogens with zero attached hydrogens (tertiary/aromatic N) is 1. The molecule has 1 rings (SSSR count). The topological polar surface area (TPSA) is 65.5 Å². The number of hydrogen-bond acceptors (Lipinski definition) is 5. The van der Waals surface area contributed by atoms with Crippen molar-refractivity contribution in [2.45, 2.75) is 6.61 Å². The van der Waals surface area contributed by atoms with Crippen molar-refractivity contribution in [3.05, 3.63) is 24.0 Å². The van der Waals surface area contributed by atoms with Crippen LogP contribution in [0.3, 0.4) is 0 Å². The monoisotopic (exact) mass is 217 g/mol. The van der Waals surface area contributed by atoms with E-state index in [1.807, 2.05) is 0 Å². The Kier molecular flexibility index (Phi) is 3.43. The van der Waals surface area contributed by atoms with Crippen molar-refractivity contribution in [3.63, 3.8) is 0 Å². The molecule has 1 aromatic rings. The Labute approximate surface area is 82.8 Å². The molecule has 0 aromatic carbocycles. The molecule has 0 fully saturated rings. The summed E-state index contributed by atoms with van der Waals surface area (Å²) in [6, 6.07) is 1.66. The maximum Gasteiger partial charge on any atom is 0.264 e. The minimum atomic E-state index is -3.41. The molecule has 78 valence electrons. The van der Waals surface area contributed by atoms with Crippen molar-refractivity contribution >= 4 is 10.1 Å². The van der Waals surface area contributed by atoms with Gasteiger partial charge in [0.1, 0.15) is 5.75 Å². The first-order chi connectivity index (χ1) is 6.51. The summed E-state index contributed by atoms with van der Waals surface area (Å²) < 4.78 is 30.9. The molecule has 1 heterocycles. The molecular formula is C8H11NO4S. The fourth-order valence-electron chi connectivity index (χ4n) is 0.829. The molecular weight excluding hydrogens is 206 g/mol. The summed E-state index contributed by atoms with van der Waals surface area (Å²) in [5.41, 5.74) is 0.648. The van der Waals surface area contributed by atoms with E-state index in [1.54, 1.807) is 6.07 Å². The fourth-order valence-corrected chi connectivity index (χ4v) is 1.18. The third-order valence-electron chi connectivity index (χ3n) is 1.45. The van der Waals surface area contributed by atoms with E-state index in [4.69, 9.17) is 4.74 Å². The molecule has 1 aromatic heterocycles. The lowest BCUT2D eigenvalue weighted by Crippen LogP contribution is -2.03. The van der Waals surface area contributed by atoms with E-state index in [9.17, 15) is 8.42 Å². The molecule has 0 aliphatic carbocycles. The molecule has 0 N–H and O–H groups in total. The Balaban J connectivity index is 2.68. The molecule has 0 unspecified atom stereocenters. The highest BCUT2D eigenvalue weighted by Crippen LogP contribution is 2.11. The van der Waals surface area contributed by atoms with E-state index in [1.165, 1.54) is 19.5 Å². The van der Waals surface area contributed by atoms with Crippen LogP contribution in [-0.4, -0.2) is 26.8 Å². The van der Waals surface area contributed by atoms with Crippen molar-refractivity contribution in [2.75, 3.05) is 13.4 Å². The Morgan fingerprint density at radius 3 is 2.71 bits per heavy atom. The zero-order chi connectivity index (χ0) is 10.6. The summed E-state index contributed by atoms with van der Waals surface area (Å²) in [5.74, 6) is 0.569. The zero-order valence-electron chi connectivity index (χ0n) is 7.93. The lowest BCUT2D eigenvalue weighted by atomic mass is 10.3. The second kappa shape index (κ2) is 4.39. The van der Waals surface area contributed by atoms with E-state index in [2.05, 4.69) is 9.17 Å². The van der Waals surface area contributed by atoms with Crippen LogP contribution in [0.15, 0.2) is 18.5 Å². The van der Waals surface area contributed by atoms with Gasteiger partial charge in [-0.3, -0.25) is 9.17 Å². The number of pyridine rings is 1. The second-order valence-corrected chi connectivity index (χ2v) is 4.34. The highest BCUT2D eigenvalue weighted by molar-refractivity contribution is 7.85. The van der Waals surface area contributed by atoms with Crippen molar-refractivity contribution in [2.24, 2.45) is 0 Å². The standard InChI is InChI=1S/C8H11NO4S/c1-12-8-3-7(4-9-5-8)6-13-14(2,10)11/h3-5H,6H2,1-2H3. The average Bonchev–Trinajstić information content (AvgIpc) is 2.14. The number of aromatic nitrogens is 1. The third kappa shape index (κ3) is 3.71. The van der Waals surface area contributed by atoms with Gasteiger partial charge in [-0.25, -0.2) is 0 Å². The van der Waals surface area contributed by atoms with Crippen molar-refractivity contribution in [3.8, 4) is 5.75 Å². The van der Waals surface area contributed by atoms with Crippen molar-refractivity contribution in [1.29, 1.82) is 0 Å². The summed E-state index contributed by atoms with van der Waals surface area (Å²) >= 11 is 0. The molecule has 14 heavy (non-hydrogen) atoms. The molecule has 0 spiro atoms. The molecule has 0 aliphatic heterocycles. The van der Waals surface area contributed by atoms with Crippen LogP contribution in [0.5, 0.6) is 5.75 Å². The molecule has 0 bridgehead atoms. The van der Waals surface area contributed by atoms with Crippen LogP contribution in [0.1, 0.15) is 5.56 Å². The number of rotatable bonds is 4. The van der Waals surface area contributed by atoms with E-state index in [0.29, 0.717) is 11.3 Å². The Morgan fingerprint density at radius 2 is 2.14 bits per heavy atom. The van der Waals surface area contributed by atoms with Gasteiger partial charge in [-0.15, -0.1) is 0 Å². The molecule has 0 aliphatic rings. The number of methoxy groups -OCH3 is 1. The lowest BCUT2D eigenvalue weighted by molar-refractivity contribution is 0.310. The van der Waals surface area contributed by atoms with Gasteiger partial charge in [0, 0.05) is 11.8 Å². The predicted octanol–water partition coefficient (Wildman–Crippen LogP) is 0.566. The van der Waals surface area contributed by atoms with Crippen LogP contribution in [0.25, 0.3) is 0 Å². The van der Waals surface area contributed by atoms with Gasteiger partial charge in [-0.05, 0) is 6.07 Å². The largest absolute Gasteiger partial charge is 0.495 e. The predicted molar refractivity (Wildman–Crippen MR) is 50.4 cm³/mol. The Hall–Kier alpha value is -1.14. The van der Waals surface area contributed by atoms with Gasteiger partial charge >= 0.3 is 0 Å². The van der Waals surface area contributed by atoms with Crippen LogP contribution >= 0.6 is 0 Å². The minimum absolute atomic E-state index is 0.0248. The quantitative estimate of drug-likeness (QED) is 0.690. The number of hydrogen-bond donors (Lipinski definition) is 0. The number of ether oxygens (including phenoxy) is 1. The molecule has 0 atom stereocenters. The van der Waals surface area contributed by atoms with Crippen LogP contribution in [0.2, 0.25) is 0 Å². The summed E-state index contributed by atoms with van der Waals surface area (Å²) in [6.45, 7) is -0.0248. The summed E-state index contributed by atoms with van der Waals surface area (Å²) in [5, 5.41) is 0. The average molecular weight is 217 g/mol. The van der Waals surface area contributed by atoms with Crippen LogP contribution < -0.4 is 4.74 Å². The Bertz CT molecular complexity index is 402.